The maximum absolute atomic E-state index is 11.9. The number of ether oxygens (including phenoxy) is 1. The third-order valence-corrected chi connectivity index (χ3v) is 2.98. The van der Waals surface area contributed by atoms with E-state index in [-0.39, 0.29) is 24.0 Å². The summed E-state index contributed by atoms with van der Waals surface area (Å²) in [4.78, 5) is 19.6. The number of nitrogens with one attached hydrogen (secondary N) is 1. The summed E-state index contributed by atoms with van der Waals surface area (Å²) in [6.07, 6.45) is 2.64. The maximum Gasteiger partial charge on any atom is 0.271 e. The molecule has 6 nitrogen and oxygen atoms in total. The van der Waals surface area contributed by atoms with E-state index in [1.807, 2.05) is 0 Å². The van der Waals surface area contributed by atoms with Crippen LogP contribution in [0.2, 0.25) is 5.02 Å². The predicted octanol–water partition coefficient (Wildman–Crippen LogP) is 1.65. The van der Waals surface area contributed by atoms with Crippen molar-refractivity contribution in [2.24, 2.45) is 0 Å². The van der Waals surface area contributed by atoms with Gasteiger partial charge in [0.25, 0.3) is 5.91 Å². The van der Waals surface area contributed by atoms with E-state index in [1.54, 1.807) is 25.3 Å². The Kier molecular flexibility index (Phi) is 4.37. The molecule has 2 rings (SSSR count). The molecule has 0 radical (unpaired) electrons. The molecule has 0 aliphatic rings. The van der Waals surface area contributed by atoms with E-state index >= 15 is 0 Å². The Labute approximate surface area is 120 Å². The highest BCUT2D eigenvalue weighted by Crippen LogP contribution is 2.25. The zero-order chi connectivity index (χ0) is 14.5. The Bertz CT molecular complexity index is 616. The Morgan fingerprint density at radius 1 is 1.40 bits per heavy atom. The van der Waals surface area contributed by atoms with Crippen molar-refractivity contribution in [1.29, 1.82) is 0 Å². The number of halogens is 1. The number of rotatable bonds is 4. The molecule has 7 heteroatoms. The molecule has 0 saturated heterocycles. The van der Waals surface area contributed by atoms with Crippen LogP contribution in [-0.2, 0) is 6.54 Å². The molecule has 0 aliphatic carbocycles. The molecule has 1 aromatic heterocycles. The van der Waals surface area contributed by atoms with E-state index in [0.29, 0.717) is 16.3 Å². The van der Waals surface area contributed by atoms with E-state index in [9.17, 15) is 4.79 Å². The molecule has 0 spiro atoms. The Balaban J connectivity index is 2.09. The van der Waals surface area contributed by atoms with E-state index in [1.165, 1.54) is 12.4 Å². The number of carbonyl (C=O) groups is 1. The molecule has 0 aliphatic heterocycles. The van der Waals surface area contributed by atoms with Gasteiger partial charge in [-0.2, -0.15) is 0 Å². The first-order valence-electron chi connectivity index (χ1n) is 5.79. The normalized spacial score (nSPS) is 10.1. The Morgan fingerprint density at radius 2 is 2.20 bits per heavy atom. The average molecular weight is 293 g/mol. The topological polar surface area (TPSA) is 90.1 Å². The lowest BCUT2D eigenvalue weighted by molar-refractivity contribution is 0.0945. The number of nitrogen functional groups attached to an aromatic ring is 1. The van der Waals surface area contributed by atoms with Gasteiger partial charge in [0.15, 0.2) is 0 Å². The minimum Gasteiger partial charge on any atom is -0.496 e. The van der Waals surface area contributed by atoms with Crippen LogP contribution >= 0.6 is 11.6 Å². The van der Waals surface area contributed by atoms with Gasteiger partial charge in [-0.25, -0.2) is 9.97 Å². The van der Waals surface area contributed by atoms with Gasteiger partial charge in [0, 0.05) is 17.1 Å². The smallest absolute Gasteiger partial charge is 0.271 e. The minimum atomic E-state index is -0.362. The zero-order valence-corrected chi connectivity index (χ0v) is 11.5. The molecule has 0 fully saturated rings. The lowest BCUT2D eigenvalue weighted by Gasteiger charge is -2.11. The predicted molar refractivity (Wildman–Crippen MR) is 75.6 cm³/mol. The number of hydrogen-bond acceptors (Lipinski definition) is 5. The van der Waals surface area contributed by atoms with Crippen LogP contribution in [0.3, 0.4) is 0 Å². The quantitative estimate of drug-likeness (QED) is 0.894. The number of benzene rings is 1. The van der Waals surface area contributed by atoms with Gasteiger partial charge in [-0.3, -0.25) is 4.79 Å². The zero-order valence-electron chi connectivity index (χ0n) is 10.8. The highest BCUT2D eigenvalue weighted by Gasteiger charge is 2.11. The monoisotopic (exact) mass is 292 g/mol. The fourth-order valence-corrected chi connectivity index (χ4v) is 1.85. The van der Waals surface area contributed by atoms with Crippen LogP contribution in [0.25, 0.3) is 0 Å². The second kappa shape index (κ2) is 6.21. The van der Waals surface area contributed by atoms with Crippen molar-refractivity contribution in [2.75, 3.05) is 12.8 Å². The van der Waals surface area contributed by atoms with Crippen LogP contribution < -0.4 is 15.8 Å². The third kappa shape index (κ3) is 3.16. The van der Waals surface area contributed by atoms with Crippen molar-refractivity contribution in [3.63, 3.8) is 0 Å². The Morgan fingerprint density at radius 3 is 2.85 bits per heavy atom. The number of nitrogens with zero attached hydrogens (tertiary/aromatic N) is 2. The van der Waals surface area contributed by atoms with Crippen LogP contribution in [0.1, 0.15) is 16.1 Å². The summed E-state index contributed by atoms with van der Waals surface area (Å²) in [6.45, 7) is 0.230. The fraction of sp³-hybridized carbons (Fsp3) is 0.154. The van der Waals surface area contributed by atoms with Gasteiger partial charge in [0.05, 0.1) is 19.5 Å². The lowest BCUT2D eigenvalue weighted by atomic mass is 10.2. The highest BCUT2D eigenvalue weighted by atomic mass is 35.5. The largest absolute Gasteiger partial charge is 0.496 e. The highest BCUT2D eigenvalue weighted by molar-refractivity contribution is 6.31. The van der Waals surface area contributed by atoms with Crippen LogP contribution in [0.15, 0.2) is 30.6 Å². The van der Waals surface area contributed by atoms with Gasteiger partial charge < -0.3 is 15.8 Å². The maximum atomic E-state index is 11.9. The molecule has 1 amide bonds. The lowest BCUT2D eigenvalue weighted by Crippen LogP contribution is -2.24. The number of amides is 1. The molecule has 0 atom stereocenters. The molecule has 0 saturated carbocycles. The number of anilines is 1. The molecular weight excluding hydrogens is 280 g/mol. The Hall–Kier alpha value is -2.34. The SMILES string of the molecule is COc1cccc(Cl)c1CNC(=O)c1cnc(N)cn1. The van der Waals surface area contributed by atoms with Gasteiger partial charge in [0.1, 0.15) is 17.3 Å². The summed E-state index contributed by atoms with van der Waals surface area (Å²) < 4.78 is 5.20. The van der Waals surface area contributed by atoms with Crippen molar-refractivity contribution in [2.45, 2.75) is 6.54 Å². The van der Waals surface area contributed by atoms with Gasteiger partial charge in [-0.1, -0.05) is 17.7 Å². The van der Waals surface area contributed by atoms with Gasteiger partial charge >= 0.3 is 0 Å². The van der Waals surface area contributed by atoms with Crippen molar-refractivity contribution < 1.29 is 9.53 Å². The van der Waals surface area contributed by atoms with E-state index in [4.69, 9.17) is 22.1 Å². The van der Waals surface area contributed by atoms with Gasteiger partial charge in [-0.15, -0.1) is 0 Å². The van der Waals surface area contributed by atoms with Crippen LogP contribution in [0.5, 0.6) is 5.75 Å². The average Bonchev–Trinajstić information content (AvgIpc) is 2.46. The van der Waals surface area contributed by atoms with Crippen molar-refractivity contribution in [3.05, 3.63) is 46.9 Å². The minimum absolute atomic E-state index is 0.185. The molecular formula is C13H13ClN4O2. The first kappa shape index (κ1) is 14.1. The first-order valence-corrected chi connectivity index (χ1v) is 6.16. The summed E-state index contributed by atoms with van der Waals surface area (Å²) in [5.41, 5.74) is 6.30. The van der Waals surface area contributed by atoms with Gasteiger partial charge in [0.2, 0.25) is 0 Å². The van der Waals surface area contributed by atoms with E-state index in [0.717, 1.165) is 0 Å². The third-order valence-electron chi connectivity index (χ3n) is 2.63. The summed E-state index contributed by atoms with van der Waals surface area (Å²) in [6, 6.07) is 5.28. The molecule has 1 aromatic carbocycles. The number of aromatic nitrogens is 2. The number of carbonyl (C=O) groups excluding carboxylic acids is 1. The summed E-state index contributed by atoms with van der Waals surface area (Å²) in [5.74, 6) is 0.509. The van der Waals surface area contributed by atoms with Crippen molar-refractivity contribution in [1.82, 2.24) is 15.3 Å². The van der Waals surface area contributed by atoms with Crippen molar-refractivity contribution in [3.8, 4) is 5.75 Å². The second-order valence-corrected chi connectivity index (χ2v) is 4.34. The molecule has 1 heterocycles. The molecule has 0 unspecified atom stereocenters. The summed E-state index contributed by atoms with van der Waals surface area (Å²) in [5, 5.41) is 3.22. The number of methoxy groups -OCH3 is 1. The standard InChI is InChI=1S/C13H13ClN4O2/c1-20-11-4-2-3-9(14)8(11)5-18-13(19)10-6-17-12(15)7-16-10/h2-4,6-7H,5H2,1H3,(H2,15,17)(H,18,19). The number of hydrogen-bond donors (Lipinski definition) is 2. The first-order chi connectivity index (χ1) is 9.61. The summed E-state index contributed by atoms with van der Waals surface area (Å²) >= 11 is 6.08. The summed E-state index contributed by atoms with van der Waals surface area (Å²) in [7, 11) is 1.54. The van der Waals surface area contributed by atoms with E-state index in [2.05, 4.69) is 15.3 Å². The van der Waals surface area contributed by atoms with Crippen LogP contribution in [0, 0.1) is 0 Å². The molecule has 20 heavy (non-hydrogen) atoms. The van der Waals surface area contributed by atoms with Crippen LogP contribution in [0.4, 0.5) is 5.82 Å². The molecule has 104 valence electrons. The second-order valence-electron chi connectivity index (χ2n) is 3.93. The van der Waals surface area contributed by atoms with E-state index < -0.39 is 0 Å². The van der Waals surface area contributed by atoms with Gasteiger partial charge in [-0.05, 0) is 12.1 Å². The fourth-order valence-electron chi connectivity index (χ4n) is 1.62. The van der Waals surface area contributed by atoms with Crippen LogP contribution in [-0.4, -0.2) is 23.0 Å². The molecule has 3 N–H and O–H groups in total. The van der Waals surface area contributed by atoms with Crippen molar-refractivity contribution >= 4 is 23.3 Å². The molecule has 2 aromatic rings. The molecule has 0 bridgehead atoms. The number of nitrogens with two attached hydrogens (primary N) is 1.